The van der Waals surface area contributed by atoms with E-state index in [1.165, 1.54) is 0 Å². The van der Waals surface area contributed by atoms with Crippen LogP contribution in [0.4, 0.5) is 4.79 Å². The van der Waals surface area contributed by atoms with E-state index in [1.54, 1.807) is 13.4 Å². The SMILES string of the molecule is CCCn1cnnc1[C@H]1CCCCN1C(=O)NCc1ccc(OC)cc1. The maximum Gasteiger partial charge on any atom is 0.318 e. The molecule has 1 saturated heterocycles. The second kappa shape index (κ2) is 8.69. The number of urea groups is 1. The second-order valence-corrected chi connectivity index (χ2v) is 6.59. The predicted octanol–water partition coefficient (Wildman–Crippen LogP) is 3.13. The summed E-state index contributed by atoms with van der Waals surface area (Å²) in [6.45, 7) is 4.25. The van der Waals surface area contributed by atoms with Crippen LogP contribution in [0.25, 0.3) is 0 Å². The van der Waals surface area contributed by atoms with Gasteiger partial charge in [-0.3, -0.25) is 0 Å². The number of piperidine rings is 1. The largest absolute Gasteiger partial charge is 0.497 e. The average molecular weight is 357 g/mol. The van der Waals surface area contributed by atoms with Gasteiger partial charge in [0.1, 0.15) is 12.1 Å². The Kier molecular flexibility index (Phi) is 6.09. The van der Waals surface area contributed by atoms with Crippen molar-refractivity contribution in [1.29, 1.82) is 0 Å². The molecule has 0 bridgehead atoms. The Morgan fingerprint density at radius 2 is 2.12 bits per heavy atom. The summed E-state index contributed by atoms with van der Waals surface area (Å²) in [6, 6.07) is 7.68. The molecule has 2 aromatic rings. The topological polar surface area (TPSA) is 72.3 Å². The highest BCUT2D eigenvalue weighted by Gasteiger charge is 2.31. The van der Waals surface area contributed by atoms with Gasteiger partial charge in [-0.05, 0) is 43.4 Å². The number of aryl methyl sites for hydroxylation is 1. The van der Waals surface area contributed by atoms with Crippen molar-refractivity contribution in [3.8, 4) is 5.75 Å². The van der Waals surface area contributed by atoms with E-state index in [-0.39, 0.29) is 12.1 Å². The second-order valence-electron chi connectivity index (χ2n) is 6.59. The van der Waals surface area contributed by atoms with Gasteiger partial charge in [0.15, 0.2) is 5.82 Å². The van der Waals surface area contributed by atoms with Gasteiger partial charge in [-0.2, -0.15) is 0 Å². The lowest BCUT2D eigenvalue weighted by Crippen LogP contribution is -2.45. The Morgan fingerprint density at radius 1 is 1.31 bits per heavy atom. The molecule has 1 aromatic carbocycles. The molecule has 1 aliphatic rings. The lowest BCUT2D eigenvalue weighted by Gasteiger charge is -2.35. The fourth-order valence-corrected chi connectivity index (χ4v) is 3.40. The molecule has 1 N–H and O–H groups in total. The van der Waals surface area contributed by atoms with Crippen molar-refractivity contribution in [2.75, 3.05) is 13.7 Å². The van der Waals surface area contributed by atoms with Gasteiger partial charge >= 0.3 is 6.03 Å². The molecule has 0 aliphatic carbocycles. The van der Waals surface area contributed by atoms with E-state index in [0.717, 1.165) is 55.9 Å². The van der Waals surface area contributed by atoms with Gasteiger partial charge < -0.3 is 19.5 Å². The maximum absolute atomic E-state index is 12.8. The number of carbonyl (C=O) groups is 1. The van der Waals surface area contributed by atoms with Gasteiger partial charge in [-0.15, -0.1) is 10.2 Å². The highest BCUT2D eigenvalue weighted by atomic mass is 16.5. The zero-order valence-corrected chi connectivity index (χ0v) is 15.5. The van der Waals surface area contributed by atoms with Crippen LogP contribution in [-0.4, -0.2) is 39.4 Å². The van der Waals surface area contributed by atoms with Gasteiger partial charge in [0.25, 0.3) is 0 Å². The van der Waals surface area contributed by atoms with E-state index in [1.807, 2.05) is 29.2 Å². The van der Waals surface area contributed by atoms with Crippen molar-refractivity contribution in [2.45, 2.75) is 51.7 Å². The monoisotopic (exact) mass is 357 g/mol. The van der Waals surface area contributed by atoms with Crippen LogP contribution in [0.5, 0.6) is 5.75 Å². The highest BCUT2D eigenvalue weighted by molar-refractivity contribution is 5.74. The molecule has 7 nitrogen and oxygen atoms in total. The fraction of sp³-hybridized carbons (Fsp3) is 0.526. The van der Waals surface area contributed by atoms with Crippen LogP contribution < -0.4 is 10.1 Å². The third kappa shape index (κ3) is 4.15. The van der Waals surface area contributed by atoms with E-state index in [4.69, 9.17) is 4.74 Å². The third-order valence-corrected chi connectivity index (χ3v) is 4.77. The van der Waals surface area contributed by atoms with E-state index in [9.17, 15) is 4.79 Å². The molecule has 26 heavy (non-hydrogen) atoms. The summed E-state index contributed by atoms with van der Waals surface area (Å²) >= 11 is 0. The molecule has 0 saturated carbocycles. The van der Waals surface area contributed by atoms with Crippen LogP contribution in [0.15, 0.2) is 30.6 Å². The molecule has 7 heteroatoms. The van der Waals surface area contributed by atoms with E-state index >= 15 is 0 Å². The summed E-state index contributed by atoms with van der Waals surface area (Å²) in [6.07, 6.45) is 5.83. The van der Waals surface area contributed by atoms with Crippen LogP contribution >= 0.6 is 0 Å². The first-order chi connectivity index (χ1) is 12.7. The number of amides is 2. The van der Waals surface area contributed by atoms with E-state index < -0.39 is 0 Å². The number of aromatic nitrogens is 3. The highest BCUT2D eigenvalue weighted by Crippen LogP contribution is 2.29. The molecule has 0 radical (unpaired) electrons. The number of carbonyl (C=O) groups excluding carboxylic acids is 1. The number of hydrogen-bond acceptors (Lipinski definition) is 4. The average Bonchev–Trinajstić information content (AvgIpc) is 3.15. The summed E-state index contributed by atoms with van der Waals surface area (Å²) in [4.78, 5) is 14.7. The molecule has 1 aromatic heterocycles. The van der Waals surface area contributed by atoms with Crippen molar-refractivity contribution < 1.29 is 9.53 Å². The number of benzene rings is 1. The molecule has 2 amide bonds. The number of ether oxygens (including phenoxy) is 1. The van der Waals surface area contributed by atoms with Gasteiger partial charge in [0.2, 0.25) is 0 Å². The minimum Gasteiger partial charge on any atom is -0.497 e. The summed E-state index contributed by atoms with van der Waals surface area (Å²) < 4.78 is 7.23. The zero-order chi connectivity index (χ0) is 18.4. The number of nitrogens with one attached hydrogen (secondary N) is 1. The minimum absolute atomic E-state index is 0.00586. The minimum atomic E-state index is -0.0448. The Balaban J connectivity index is 1.66. The molecule has 2 heterocycles. The normalized spacial score (nSPS) is 17.2. The molecular weight excluding hydrogens is 330 g/mol. The van der Waals surface area contributed by atoms with Crippen molar-refractivity contribution in [3.63, 3.8) is 0 Å². The van der Waals surface area contributed by atoms with Crippen LogP contribution in [0.2, 0.25) is 0 Å². The van der Waals surface area contributed by atoms with Gasteiger partial charge in [-0.1, -0.05) is 19.1 Å². The van der Waals surface area contributed by atoms with E-state index in [0.29, 0.717) is 6.54 Å². The van der Waals surface area contributed by atoms with Crippen molar-refractivity contribution in [1.82, 2.24) is 25.0 Å². The number of nitrogens with zero attached hydrogens (tertiary/aromatic N) is 4. The lowest BCUT2D eigenvalue weighted by molar-refractivity contribution is 0.145. The fourth-order valence-electron chi connectivity index (χ4n) is 3.40. The summed E-state index contributed by atoms with van der Waals surface area (Å²) in [5.74, 6) is 1.71. The number of hydrogen-bond donors (Lipinski definition) is 1. The van der Waals surface area contributed by atoms with Gasteiger partial charge in [-0.25, -0.2) is 4.79 Å². The molecule has 0 unspecified atom stereocenters. The molecule has 1 aliphatic heterocycles. The molecule has 1 atom stereocenters. The van der Waals surface area contributed by atoms with E-state index in [2.05, 4.69) is 27.0 Å². The number of likely N-dealkylation sites (tertiary alicyclic amines) is 1. The summed E-state index contributed by atoms with van der Waals surface area (Å²) in [5, 5.41) is 11.4. The molecular formula is C19H27N5O2. The number of rotatable bonds is 6. The number of methoxy groups -OCH3 is 1. The standard InChI is InChI=1S/C19H27N5O2/c1-3-11-23-14-21-22-18(23)17-6-4-5-12-24(17)19(25)20-13-15-7-9-16(26-2)10-8-15/h7-10,14,17H,3-6,11-13H2,1-2H3,(H,20,25)/t17-/m1/s1. The zero-order valence-electron chi connectivity index (χ0n) is 15.5. The molecule has 3 rings (SSSR count). The Labute approximate surface area is 154 Å². The lowest BCUT2D eigenvalue weighted by atomic mass is 10.0. The van der Waals surface area contributed by atoms with Crippen LogP contribution in [0.3, 0.4) is 0 Å². The van der Waals surface area contributed by atoms with Crippen LogP contribution in [0, 0.1) is 0 Å². The first kappa shape index (κ1) is 18.2. The Bertz CT molecular complexity index is 713. The Morgan fingerprint density at radius 3 is 2.85 bits per heavy atom. The van der Waals surface area contributed by atoms with Crippen molar-refractivity contribution in [3.05, 3.63) is 42.0 Å². The first-order valence-corrected chi connectivity index (χ1v) is 9.28. The molecule has 0 spiro atoms. The third-order valence-electron chi connectivity index (χ3n) is 4.77. The molecule has 140 valence electrons. The summed E-state index contributed by atoms with van der Waals surface area (Å²) in [5.41, 5.74) is 1.04. The van der Waals surface area contributed by atoms with Gasteiger partial charge in [0.05, 0.1) is 13.2 Å². The first-order valence-electron chi connectivity index (χ1n) is 9.28. The van der Waals surface area contributed by atoms with Crippen LogP contribution in [-0.2, 0) is 13.1 Å². The molecule has 1 fully saturated rings. The maximum atomic E-state index is 12.8. The predicted molar refractivity (Wildman–Crippen MR) is 98.8 cm³/mol. The summed E-state index contributed by atoms with van der Waals surface area (Å²) in [7, 11) is 1.64. The van der Waals surface area contributed by atoms with Gasteiger partial charge in [0, 0.05) is 19.6 Å². The smallest absolute Gasteiger partial charge is 0.318 e. The quantitative estimate of drug-likeness (QED) is 0.862. The van der Waals surface area contributed by atoms with Crippen LogP contribution in [0.1, 0.15) is 50.0 Å². The van der Waals surface area contributed by atoms with Crippen molar-refractivity contribution >= 4 is 6.03 Å². The Hall–Kier alpha value is -2.57. The van der Waals surface area contributed by atoms with Crippen molar-refractivity contribution in [2.24, 2.45) is 0 Å².